The molecule has 0 saturated heterocycles. The second kappa shape index (κ2) is 6.11. The number of nitrogens with zero attached hydrogens (tertiary/aromatic N) is 4. The van der Waals surface area contributed by atoms with Crippen LogP contribution in [0.1, 0.15) is 30.2 Å². The first-order chi connectivity index (χ1) is 9.90. The van der Waals surface area contributed by atoms with Gasteiger partial charge in [-0.15, -0.1) is 10.2 Å². The van der Waals surface area contributed by atoms with Crippen LogP contribution in [0.25, 0.3) is 0 Å². The molecule has 20 heavy (non-hydrogen) atoms. The van der Waals surface area contributed by atoms with Crippen molar-refractivity contribution >= 4 is 0 Å². The predicted molar refractivity (Wildman–Crippen MR) is 74.3 cm³/mol. The molecule has 0 aromatic carbocycles. The Balaban J connectivity index is 1.83. The van der Waals surface area contributed by atoms with Gasteiger partial charge < -0.3 is 14.6 Å². The first-order valence-electron chi connectivity index (χ1n) is 7.03. The Kier molecular flexibility index (Phi) is 4.03. The monoisotopic (exact) mass is 273 g/mol. The molecular formula is C14H19N5O. The first kappa shape index (κ1) is 13.2. The van der Waals surface area contributed by atoms with E-state index in [0.29, 0.717) is 6.61 Å². The van der Waals surface area contributed by atoms with Gasteiger partial charge in [-0.1, -0.05) is 0 Å². The summed E-state index contributed by atoms with van der Waals surface area (Å²) in [6.07, 6.45) is 4.43. The van der Waals surface area contributed by atoms with E-state index in [1.807, 2.05) is 31.5 Å². The number of hydrogen-bond acceptors (Lipinski definition) is 5. The van der Waals surface area contributed by atoms with Gasteiger partial charge in [0, 0.05) is 38.5 Å². The first-order valence-corrected chi connectivity index (χ1v) is 7.03. The van der Waals surface area contributed by atoms with Crippen LogP contribution in [0.15, 0.2) is 24.5 Å². The van der Waals surface area contributed by atoms with E-state index in [1.54, 1.807) is 0 Å². The van der Waals surface area contributed by atoms with Crippen molar-refractivity contribution in [2.45, 2.75) is 25.9 Å². The lowest BCUT2D eigenvalue weighted by atomic mass is 10.1. The molecule has 6 nitrogen and oxygen atoms in total. The van der Waals surface area contributed by atoms with Crippen LogP contribution in [0, 0.1) is 0 Å². The lowest BCUT2D eigenvalue weighted by Crippen LogP contribution is -2.35. The molecule has 1 aliphatic rings. The van der Waals surface area contributed by atoms with Gasteiger partial charge in [0.05, 0.1) is 12.6 Å². The van der Waals surface area contributed by atoms with Crippen LogP contribution in [0.4, 0.5) is 0 Å². The third-order valence-electron chi connectivity index (χ3n) is 3.51. The summed E-state index contributed by atoms with van der Waals surface area (Å²) in [5.41, 5.74) is 1.17. The molecule has 0 amide bonds. The van der Waals surface area contributed by atoms with Crippen LogP contribution in [0.2, 0.25) is 0 Å². The predicted octanol–water partition coefficient (Wildman–Crippen LogP) is 0.945. The van der Waals surface area contributed by atoms with Crippen molar-refractivity contribution in [3.63, 3.8) is 0 Å². The summed E-state index contributed by atoms with van der Waals surface area (Å²) in [6, 6.07) is 4.13. The van der Waals surface area contributed by atoms with E-state index in [4.69, 9.17) is 4.74 Å². The highest BCUT2D eigenvalue weighted by Crippen LogP contribution is 2.23. The van der Waals surface area contributed by atoms with Crippen LogP contribution < -0.4 is 5.32 Å². The molecule has 3 heterocycles. The van der Waals surface area contributed by atoms with Crippen LogP contribution in [0.3, 0.4) is 0 Å². The van der Waals surface area contributed by atoms with Gasteiger partial charge in [0.1, 0.15) is 5.82 Å². The van der Waals surface area contributed by atoms with Crippen molar-refractivity contribution < 1.29 is 4.74 Å². The largest absolute Gasteiger partial charge is 0.381 e. The number of ether oxygens (including phenoxy) is 1. The molecule has 2 aromatic heterocycles. The van der Waals surface area contributed by atoms with Gasteiger partial charge in [-0.05, 0) is 24.6 Å². The Morgan fingerprint density at radius 2 is 2.20 bits per heavy atom. The van der Waals surface area contributed by atoms with Gasteiger partial charge in [-0.2, -0.15) is 0 Å². The standard InChI is InChI=1S/C14H19N5O/c1-2-20-10-5-12-17-18-14-13(16-8-9-19(12)14)11-3-6-15-7-4-11/h3-4,6-7,13,16H,2,5,8-10H2,1H3. The van der Waals surface area contributed by atoms with Crippen molar-refractivity contribution in [1.29, 1.82) is 0 Å². The summed E-state index contributed by atoms with van der Waals surface area (Å²) < 4.78 is 7.61. The maximum Gasteiger partial charge on any atom is 0.154 e. The quantitative estimate of drug-likeness (QED) is 0.822. The van der Waals surface area contributed by atoms with Crippen LogP contribution in [0.5, 0.6) is 0 Å². The molecule has 1 unspecified atom stereocenters. The number of rotatable bonds is 5. The summed E-state index contributed by atoms with van der Waals surface area (Å²) in [7, 11) is 0. The van der Waals surface area contributed by atoms with Crippen molar-refractivity contribution in [2.75, 3.05) is 19.8 Å². The number of pyridine rings is 1. The number of nitrogens with one attached hydrogen (secondary N) is 1. The highest BCUT2D eigenvalue weighted by atomic mass is 16.5. The fourth-order valence-electron chi connectivity index (χ4n) is 2.53. The van der Waals surface area contributed by atoms with E-state index < -0.39 is 0 Å². The third-order valence-corrected chi connectivity index (χ3v) is 3.51. The van der Waals surface area contributed by atoms with Crippen LogP contribution >= 0.6 is 0 Å². The van der Waals surface area contributed by atoms with E-state index in [9.17, 15) is 0 Å². The van der Waals surface area contributed by atoms with Crippen LogP contribution in [-0.4, -0.2) is 39.5 Å². The Morgan fingerprint density at radius 3 is 3.00 bits per heavy atom. The smallest absolute Gasteiger partial charge is 0.154 e. The summed E-state index contributed by atoms with van der Waals surface area (Å²) >= 11 is 0. The topological polar surface area (TPSA) is 64.9 Å². The molecule has 1 aliphatic heterocycles. The minimum Gasteiger partial charge on any atom is -0.381 e. The number of aromatic nitrogens is 4. The van der Waals surface area contributed by atoms with Crippen LogP contribution in [-0.2, 0) is 17.7 Å². The van der Waals surface area contributed by atoms with Gasteiger partial charge >= 0.3 is 0 Å². The maximum atomic E-state index is 5.40. The Labute approximate surface area is 118 Å². The second-order valence-corrected chi connectivity index (χ2v) is 4.74. The molecule has 1 N–H and O–H groups in total. The molecular weight excluding hydrogens is 254 g/mol. The van der Waals surface area contributed by atoms with Gasteiger partial charge in [0.2, 0.25) is 0 Å². The zero-order chi connectivity index (χ0) is 13.8. The van der Waals surface area contributed by atoms with Crippen molar-refractivity contribution in [1.82, 2.24) is 25.1 Å². The summed E-state index contributed by atoms with van der Waals surface area (Å²) in [5.74, 6) is 1.99. The molecule has 2 aromatic rings. The summed E-state index contributed by atoms with van der Waals surface area (Å²) in [6.45, 7) is 5.26. The Bertz CT molecular complexity index is 554. The second-order valence-electron chi connectivity index (χ2n) is 4.74. The lowest BCUT2D eigenvalue weighted by Gasteiger charge is -2.25. The third kappa shape index (κ3) is 2.57. The summed E-state index contributed by atoms with van der Waals surface area (Å²) in [4.78, 5) is 4.06. The summed E-state index contributed by atoms with van der Waals surface area (Å²) in [5, 5.41) is 12.2. The minimum atomic E-state index is 0.0973. The maximum absolute atomic E-state index is 5.40. The van der Waals surface area contributed by atoms with E-state index in [2.05, 4.69) is 25.1 Å². The normalized spacial score (nSPS) is 17.9. The minimum absolute atomic E-state index is 0.0973. The van der Waals surface area contributed by atoms with Gasteiger partial charge in [0.25, 0.3) is 0 Å². The van der Waals surface area contributed by atoms with E-state index in [0.717, 1.165) is 37.8 Å². The van der Waals surface area contributed by atoms with E-state index in [1.165, 1.54) is 5.56 Å². The van der Waals surface area contributed by atoms with Gasteiger partial charge in [0.15, 0.2) is 5.82 Å². The van der Waals surface area contributed by atoms with E-state index in [-0.39, 0.29) is 6.04 Å². The highest BCUT2D eigenvalue weighted by Gasteiger charge is 2.25. The molecule has 0 bridgehead atoms. The Morgan fingerprint density at radius 1 is 1.35 bits per heavy atom. The van der Waals surface area contributed by atoms with Gasteiger partial charge in [-0.3, -0.25) is 4.98 Å². The average Bonchev–Trinajstić information content (AvgIpc) is 2.92. The average molecular weight is 273 g/mol. The molecule has 0 saturated carbocycles. The molecule has 3 rings (SSSR count). The van der Waals surface area contributed by atoms with Gasteiger partial charge in [-0.25, -0.2) is 0 Å². The Hall–Kier alpha value is -1.79. The molecule has 0 aliphatic carbocycles. The van der Waals surface area contributed by atoms with E-state index >= 15 is 0 Å². The molecule has 0 fully saturated rings. The SMILES string of the molecule is CCOCCc1nnc2n1CCNC2c1ccncc1. The molecule has 0 radical (unpaired) electrons. The number of hydrogen-bond donors (Lipinski definition) is 1. The zero-order valence-corrected chi connectivity index (χ0v) is 11.6. The van der Waals surface area contributed by atoms with Crippen molar-refractivity contribution in [3.05, 3.63) is 41.7 Å². The fraction of sp³-hybridized carbons (Fsp3) is 0.500. The fourth-order valence-corrected chi connectivity index (χ4v) is 2.53. The molecule has 6 heteroatoms. The van der Waals surface area contributed by atoms with Crippen molar-refractivity contribution in [2.24, 2.45) is 0 Å². The lowest BCUT2D eigenvalue weighted by molar-refractivity contribution is 0.148. The molecule has 0 spiro atoms. The molecule has 1 atom stereocenters. The number of fused-ring (bicyclic) bond motifs is 1. The zero-order valence-electron chi connectivity index (χ0n) is 11.6. The van der Waals surface area contributed by atoms with Crippen molar-refractivity contribution in [3.8, 4) is 0 Å². The highest BCUT2D eigenvalue weighted by molar-refractivity contribution is 5.24. The molecule has 106 valence electrons.